The molecule has 1 aromatic rings. The van der Waals surface area contributed by atoms with Crippen molar-refractivity contribution in [3.8, 4) is 0 Å². The highest BCUT2D eigenvalue weighted by atomic mass is 19.1. The van der Waals surface area contributed by atoms with Crippen LogP contribution in [0.3, 0.4) is 0 Å². The summed E-state index contributed by atoms with van der Waals surface area (Å²) in [7, 11) is 0. The average molecular weight is 240 g/mol. The summed E-state index contributed by atoms with van der Waals surface area (Å²) in [5, 5.41) is 12.4. The molecule has 0 aliphatic heterocycles. The largest absolute Gasteiger partial charge is 0.388 e. The van der Waals surface area contributed by atoms with Crippen molar-refractivity contribution in [2.75, 3.05) is 6.54 Å². The molecule has 1 amide bonds. The summed E-state index contributed by atoms with van der Waals surface area (Å²) in [6, 6.07) is 1.11. The molecule has 0 aliphatic carbocycles. The molecule has 0 aromatic carbocycles. The Hall–Kier alpha value is -1.49. The fourth-order valence-electron chi connectivity index (χ4n) is 1.54. The van der Waals surface area contributed by atoms with E-state index in [9.17, 15) is 14.3 Å². The lowest BCUT2D eigenvalue weighted by Gasteiger charge is -2.22. The molecule has 0 bridgehead atoms. The predicted octanol–water partition coefficient (Wildman–Crippen LogP) is 1.50. The van der Waals surface area contributed by atoms with Gasteiger partial charge in [0.25, 0.3) is 5.91 Å². The van der Waals surface area contributed by atoms with Crippen LogP contribution in [0, 0.1) is 5.82 Å². The number of hydrogen-bond donors (Lipinski definition) is 2. The maximum Gasteiger partial charge on any atom is 0.253 e. The number of rotatable bonds is 5. The van der Waals surface area contributed by atoms with Crippen molar-refractivity contribution in [1.29, 1.82) is 0 Å². The van der Waals surface area contributed by atoms with Crippen LogP contribution in [0.5, 0.6) is 0 Å². The van der Waals surface area contributed by atoms with Gasteiger partial charge >= 0.3 is 0 Å². The van der Waals surface area contributed by atoms with E-state index in [1.807, 2.05) is 6.92 Å². The van der Waals surface area contributed by atoms with Crippen molar-refractivity contribution in [1.82, 2.24) is 10.3 Å². The molecular formula is C12H17FN2O2. The van der Waals surface area contributed by atoms with Crippen LogP contribution < -0.4 is 5.32 Å². The van der Waals surface area contributed by atoms with E-state index in [4.69, 9.17) is 0 Å². The molecule has 1 aromatic heterocycles. The van der Waals surface area contributed by atoms with Gasteiger partial charge < -0.3 is 10.4 Å². The van der Waals surface area contributed by atoms with E-state index in [-0.39, 0.29) is 12.1 Å². The lowest BCUT2D eigenvalue weighted by Crippen LogP contribution is -2.40. The van der Waals surface area contributed by atoms with Crippen LogP contribution >= 0.6 is 0 Å². The second-order valence-corrected chi connectivity index (χ2v) is 4.32. The lowest BCUT2D eigenvalue weighted by atomic mass is 10.0. The Morgan fingerprint density at radius 3 is 2.88 bits per heavy atom. The number of nitrogens with zero attached hydrogens (tertiary/aromatic N) is 1. The van der Waals surface area contributed by atoms with E-state index in [0.29, 0.717) is 6.42 Å². The molecule has 2 N–H and O–H groups in total. The van der Waals surface area contributed by atoms with E-state index in [1.165, 1.54) is 6.20 Å². The molecule has 94 valence electrons. The summed E-state index contributed by atoms with van der Waals surface area (Å²) in [5.41, 5.74) is -0.789. The minimum absolute atomic E-state index is 0.135. The molecule has 0 saturated heterocycles. The number of amides is 1. The monoisotopic (exact) mass is 240 g/mol. The van der Waals surface area contributed by atoms with Gasteiger partial charge in [-0.3, -0.25) is 9.78 Å². The first-order valence-electron chi connectivity index (χ1n) is 5.56. The molecule has 0 aliphatic rings. The van der Waals surface area contributed by atoms with Crippen LogP contribution in [-0.4, -0.2) is 28.1 Å². The highest BCUT2D eigenvalue weighted by molar-refractivity contribution is 5.93. The van der Waals surface area contributed by atoms with Gasteiger partial charge in [0.1, 0.15) is 5.82 Å². The number of aliphatic hydroxyl groups is 1. The predicted molar refractivity (Wildman–Crippen MR) is 62.1 cm³/mol. The maximum absolute atomic E-state index is 12.8. The van der Waals surface area contributed by atoms with Gasteiger partial charge in [0, 0.05) is 12.7 Å². The number of aromatic nitrogens is 1. The summed E-state index contributed by atoms with van der Waals surface area (Å²) in [4.78, 5) is 15.2. The van der Waals surface area contributed by atoms with E-state index >= 15 is 0 Å². The molecule has 0 radical (unpaired) electrons. The molecule has 1 rings (SSSR count). The van der Waals surface area contributed by atoms with E-state index in [2.05, 4.69) is 10.3 Å². The molecular weight excluding hydrogens is 223 g/mol. The Morgan fingerprint density at radius 2 is 2.29 bits per heavy atom. The fourth-order valence-corrected chi connectivity index (χ4v) is 1.54. The zero-order valence-electron chi connectivity index (χ0n) is 10.0. The number of hydrogen-bond acceptors (Lipinski definition) is 3. The molecule has 0 fully saturated rings. The van der Waals surface area contributed by atoms with Gasteiger partial charge in [-0.2, -0.15) is 0 Å². The molecule has 0 spiro atoms. The normalized spacial score (nSPS) is 14.1. The third kappa shape index (κ3) is 4.48. The van der Waals surface area contributed by atoms with E-state index in [1.54, 1.807) is 6.92 Å². The Labute approximate surface area is 99.9 Å². The number of carbonyl (C=O) groups excluding carboxylic acids is 1. The Morgan fingerprint density at radius 1 is 1.59 bits per heavy atom. The minimum Gasteiger partial charge on any atom is -0.388 e. The highest BCUT2D eigenvalue weighted by Gasteiger charge is 2.20. The van der Waals surface area contributed by atoms with Gasteiger partial charge in [0.15, 0.2) is 0 Å². The van der Waals surface area contributed by atoms with Crippen molar-refractivity contribution in [2.24, 2.45) is 0 Å². The molecule has 5 heteroatoms. The fraction of sp³-hybridized carbons (Fsp3) is 0.500. The molecule has 1 unspecified atom stereocenters. The van der Waals surface area contributed by atoms with Crippen molar-refractivity contribution < 1.29 is 14.3 Å². The number of carbonyl (C=O) groups is 1. The van der Waals surface area contributed by atoms with Gasteiger partial charge in [0.2, 0.25) is 0 Å². The third-order valence-corrected chi connectivity index (χ3v) is 2.39. The van der Waals surface area contributed by atoms with Crippen molar-refractivity contribution in [2.45, 2.75) is 32.3 Å². The van der Waals surface area contributed by atoms with Crippen molar-refractivity contribution in [3.05, 3.63) is 29.8 Å². The summed E-state index contributed by atoms with van der Waals surface area (Å²) < 4.78 is 12.8. The van der Waals surface area contributed by atoms with Gasteiger partial charge in [-0.15, -0.1) is 0 Å². The van der Waals surface area contributed by atoms with Crippen LogP contribution in [0.15, 0.2) is 18.5 Å². The standard InChI is InChI=1S/C12H17FN2O2/c1-3-4-12(2,17)8-15-11(16)9-5-10(13)7-14-6-9/h5-7,17H,3-4,8H2,1-2H3,(H,15,16). The topological polar surface area (TPSA) is 62.2 Å². The smallest absolute Gasteiger partial charge is 0.253 e. The second kappa shape index (κ2) is 5.72. The van der Waals surface area contributed by atoms with Gasteiger partial charge in [-0.1, -0.05) is 13.3 Å². The van der Waals surface area contributed by atoms with Gasteiger partial charge in [-0.05, 0) is 19.4 Å². The summed E-state index contributed by atoms with van der Waals surface area (Å²) in [6.07, 6.45) is 3.73. The Bertz CT molecular complexity index is 394. The van der Waals surface area contributed by atoms with Crippen LogP contribution in [0.2, 0.25) is 0 Å². The van der Waals surface area contributed by atoms with Gasteiger partial charge in [-0.25, -0.2) is 4.39 Å². The first-order valence-corrected chi connectivity index (χ1v) is 5.56. The summed E-state index contributed by atoms with van der Waals surface area (Å²) in [5.74, 6) is -0.994. The van der Waals surface area contributed by atoms with Gasteiger partial charge in [0.05, 0.1) is 17.4 Å². The van der Waals surface area contributed by atoms with Crippen LogP contribution in [0.25, 0.3) is 0 Å². The maximum atomic E-state index is 12.8. The third-order valence-electron chi connectivity index (χ3n) is 2.39. The zero-order valence-corrected chi connectivity index (χ0v) is 10.0. The number of pyridine rings is 1. The van der Waals surface area contributed by atoms with Crippen molar-refractivity contribution >= 4 is 5.91 Å². The van der Waals surface area contributed by atoms with Crippen LogP contribution in [0.1, 0.15) is 37.0 Å². The van der Waals surface area contributed by atoms with Crippen molar-refractivity contribution in [3.63, 3.8) is 0 Å². The minimum atomic E-state index is -0.939. The van der Waals surface area contributed by atoms with E-state index in [0.717, 1.165) is 18.7 Å². The number of nitrogens with one attached hydrogen (secondary N) is 1. The molecule has 1 heterocycles. The zero-order chi connectivity index (χ0) is 12.9. The molecule has 4 nitrogen and oxygen atoms in total. The highest BCUT2D eigenvalue weighted by Crippen LogP contribution is 2.10. The lowest BCUT2D eigenvalue weighted by molar-refractivity contribution is 0.0469. The Balaban J connectivity index is 2.56. The number of halogens is 1. The molecule has 0 saturated carbocycles. The average Bonchev–Trinajstić information content (AvgIpc) is 2.26. The SMILES string of the molecule is CCCC(C)(O)CNC(=O)c1cncc(F)c1. The second-order valence-electron chi connectivity index (χ2n) is 4.32. The first-order chi connectivity index (χ1) is 7.94. The first kappa shape index (κ1) is 13.6. The van der Waals surface area contributed by atoms with Crippen LogP contribution in [0.4, 0.5) is 4.39 Å². The molecule has 1 atom stereocenters. The quantitative estimate of drug-likeness (QED) is 0.820. The molecule has 17 heavy (non-hydrogen) atoms. The summed E-state index contributed by atoms with van der Waals surface area (Å²) in [6.45, 7) is 3.74. The van der Waals surface area contributed by atoms with Crippen LogP contribution in [-0.2, 0) is 0 Å². The summed E-state index contributed by atoms with van der Waals surface area (Å²) >= 11 is 0. The Kier molecular flexibility index (Phi) is 4.57. The van der Waals surface area contributed by atoms with E-state index < -0.39 is 17.3 Å².